The number of nitrogens with zero attached hydrogens (tertiary/aromatic N) is 2. The molecule has 1 unspecified atom stereocenters. The first kappa shape index (κ1) is 21.1. The third-order valence-corrected chi connectivity index (χ3v) is 5.86. The first-order valence-electron chi connectivity index (χ1n) is 7.25. The van der Waals surface area contributed by atoms with Gasteiger partial charge in [0.15, 0.2) is 0 Å². The van der Waals surface area contributed by atoms with Crippen LogP contribution in [0, 0.1) is 0 Å². The number of alkyl halides is 1. The lowest BCUT2D eigenvalue weighted by Gasteiger charge is -2.26. The third-order valence-electron chi connectivity index (χ3n) is 3.92. The van der Waals surface area contributed by atoms with E-state index in [-0.39, 0.29) is 29.7 Å². The minimum atomic E-state index is -3.71. The summed E-state index contributed by atoms with van der Waals surface area (Å²) < 4.78 is 40.3. The molecule has 2 heterocycles. The fourth-order valence-corrected chi connectivity index (χ4v) is 4.40. The average molecular weight is 396 g/mol. The highest BCUT2D eigenvalue weighted by molar-refractivity contribution is 7.89. The molecular formula is C15H20Cl2FN3O2S. The Morgan fingerprint density at radius 1 is 1.25 bits per heavy atom. The lowest BCUT2D eigenvalue weighted by atomic mass is 10.2. The van der Waals surface area contributed by atoms with Crippen LogP contribution in [-0.2, 0) is 10.0 Å². The Morgan fingerprint density at radius 3 is 2.79 bits per heavy atom. The summed E-state index contributed by atoms with van der Waals surface area (Å²) in [6, 6.07) is 6.04. The molecule has 1 aliphatic rings. The largest absolute Gasteiger partial charge is 0.315 e. The molecule has 0 aliphatic carbocycles. The number of rotatable bonds is 3. The van der Waals surface area contributed by atoms with Crippen LogP contribution >= 0.6 is 24.8 Å². The predicted molar refractivity (Wildman–Crippen MR) is 97.4 cm³/mol. The molecule has 1 atom stereocenters. The second kappa shape index (κ2) is 8.92. The second-order valence-corrected chi connectivity index (χ2v) is 7.26. The first-order valence-corrected chi connectivity index (χ1v) is 8.69. The Kier molecular flexibility index (Phi) is 7.82. The van der Waals surface area contributed by atoms with Crippen LogP contribution in [0.4, 0.5) is 4.39 Å². The summed E-state index contributed by atoms with van der Waals surface area (Å²) in [5.74, 6) is 0. The standard InChI is InChI=1S/C15H18FN3O2S.2ClH/c16-9-14-11-17-5-1-7-19(14)22(20,21)15-3-2-13-10-18-6-4-12(13)8-15;;/h2-4,6,8,10,14,17H,1,5,7,9,11H2;2*1H. The van der Waals surface area contributed by atoms with Gasteiger partial charge in [0.1, 0.15) is 6.67 Å². The van der Waals surface area contributed by atoms with E-state index in [2.05, 4.69) is 10.3 Å². The molecule has 9 heteroatoms. The molecule has 0 bridgehead atoms. The fourth-order valence-electron chi connectivity index (χ4n) is 2.72. The van der Waals surface area contributed by atoms with Crippen molar-refractivity contribution in [1.29, 1.82) is 0 Å². The molecule has 1 N–H and O–H groups in total. The number of nitrogens with one attached hydrogen (secondary N) is 1. The maximum absolute atomic E-state index is 13.3. The van der Waals surface area contributed by atoms with Gasteiger partial charge in [-0.05, 0) is 36.6 Å². The van der Waals surface area contributed by atoms with Crippen molar-refractivity contribution >= 4 is 45.6 Å². The normalized spacial score (nSPS) is 19.1. The van der Waals surface area contributed by atoms with Gasteiger partial charge in [-0.1, -0.05) is 6.07 Å². The van der Waals surface area contributed by atoms with Crippen LogP contribution in [0.25, 0.3) is 10.8 Å². The molecular weight excluding hydrogens is 376 g/mol. The Hall–Kier alpha value is -0.990. The van der Waals surface area contributed by atoms with E-state index in [4.69, 9.17) is 0 Å². The van der Waals surface area contributed by atoms with Crippen LogP contribution in [0.15, 0.2) is 41.6 Å². The molecule has 134 valence electrons. The monoisotopic (exact) mass is 395 g/mol. The lowest BCUT2D eigenvalue weighted by Crippen LogP contribution is -2.44. The van der Waals surface area contributed by atoms with Crippen LogP contribution in [0.2, 0.25) is 0 Å². The van der Waals surface area contributed by atoms with Gasteiger partial charge in [0.2, 0.25) is 10.0 Å². The van der Waals surface area contributed by atoms with Gasteiger partial charge in [-0.3, -0.25) is 4.98 Å². The predicted octanol–water partition coefficient (Wildman–Crippen LogP) is 2.40. The second-order valence-electron chi connectivity index (χ2n) is 5.37. The van der Waals surface area contributed by atoms with Crippen molar-refractivity contribution in [1.82, 2.24) is 14.6 Å². The Bertz CT molecular complexity index is 776. The number of hydrogen-bond donors (Lipinski definition) is 1. The van der Waals surface area contributed by atoms with E-state index in [0.717, 1.165) is 10.8 Å². The van der Waals surface area contributed by atoms with E-state index >= 15 is 0 Å². The minimum Gasteiger partial charge on any atom is -0.315 e. The Labute approximate surface area is 153 Å². The zero-order valence-corrected chi connectivity index (χ0v) is 15.3. The molecule has 0 amide bonds. The maximum atomic E-state index is 13.3. The summed E-state index contributed by atoms with van der Waals surface area (Å²) in [6.07, 6.45) is 3.98. The van der Waals surface area contributed by atoms with Gasteiger partial charge in [-0.2, -0.15) is 4.31 Å². The highest BCUT2D eigenvalue weighted by Gasteiger charge is 2.32. The Morgan fingerprint density at radius 2 is 2.04 bits per heavy atom. The van der Waals surface area contributed by atoms with E-state index in [1.165, 1.54) is 4.31 Å². The molecule has 5 nitrogen and oxygen atoms in total. The molecule has 1 saturated heterocycles. The van der Waals surface area contributed by atoms with Crippen molar-refractivity contribution < 1.29 is 12.8 Å². The summed E-state index contributed by atoms with van der Waals surface area (Å²) in [6.45, 7) is 0.682. The summed E-state index contributed by atoms with van der Waals surface area (Å²) >= 11 is 0. The van der Waals surface area contributed by atoms with Gasteiger partial charge in [-0.25, -0.2) is 12.8 Å². The van der Waals surface area contributed by atoms with Crippen molar-refractivity contribution in [2.45, 2.75) is 17.4 Å². The molecule has 0 spiro atoms. The number of pyridine rings is 1. The average Bonchev–Trinajstić information content (AvgIpc) is 2.80. The smallest absolute Gasteiger partial charge is 0.243 e. The molecule has 1 aliphatic heterocycles. The summed E-state index contributed by atoms with van der Waals surface area (Å²) in [5.41, 5.74) is 0. The minimum absolute atomic E-state index is 0. The van der Waals surface area contributed by atoms with Crippen molar-refractivity contribution in [3.8, 4) is 0 Å². The molecule has 1 aromatic carbocycles. The van der Waals surface area contributed by atoms with Crippen LogP contribution in [0.5, 0.6) is 0 Å². The third kappa shape index (κ3) is 4.15. The van der Waals surface area contributed by atoms with Crippen LogP contribution in [0.3, 0.4) is 0 Å². The molecule has 0 radical (unpaired) electrons. The van der Waals surface area contributed by atoms with E-state index in [1.807, 2.05) is 0 Å². The lowest BCUT2D eigenvalue weighted by molar-refractivity contribution is 0.274. The number of hydrogen-bond acceptors (Lipinski definition) is 4. The van der Waals surface area contributed by atoms with Crippen LogP contribution in [-0.4, -0.2) is 50.1 Å². The molecule has 3 rings (SSSR count). The topological polar surface area (TPSA) is 62.3 Å². The maximum Gasteiger partial charge on any atom is 0.243 e. The molecule has 1 aromatic heterocycles. The van der Waals surface area contributed by atoms with Crippen molar-refractivity contribution in [2.24, 2.45) is 0 Å². The molecule has 2 aromatic rings. The van der Waals surface area contributed by atoms with E-state index in [0.29, 0.717) is 26.1 Å². The zero-order valence-electron chi connectivity index (χ0n) is 12.9. The highest BCUT2D eigenvalue weighted by Crippen LogP contribution is 2.23. The van der Waals surface area contributed by atoms with E-state index in [1.54, 1.807) is 36.7 Å². The van der Waals surface area contributed by atoms with Crippen LogP contribution < -0.4 is 5.32 Å². The SMILES string of the molecule is Cl.Cl.O=S(=O)(c1ccc2cnccc2c1)N1CCCNCC1CF. The zero-order chi connectivity index (χ0) is 15.6. The number of fused-ring (bicyclic) bond motifs is 1. The van der Waals surface area contributed by atoms with E-state index in [9.17, 15) is 12.8 Å². The number of aromatic nitrogens is 1. The number of sulfonamides is 1. The van der Waals surface area contributed by atoms with Gasteiger partial charge in [0.05, 0.1) is 10.9 Å². The van der Waals surface area contributed by atoms with Crippen molar-refractivity contribution in [3.63, 3.8) is 0 Å². The summed E-state index contributed by atoms with van der Waals surface area (Å²) in [5, 5.41) is 4.76. The van der Waals surface area contributed by atoms with Crippen LogP contribution in [0.1, 0.15) is 6.42 Å². The number of halogens is 3. The quantitative estimate of drug-likeness (QED) is 0.866. The van der Waals surface area contributed by atoms with Gasteiger partial charge in [0.25, 0.3) is 0 Å². The van der Waals surface area contributed by atoms with Crippen molar-refractivity contribution in [3.05, 3.63) is 36.7 Å². The van der Waals surface area contributed by atoms with Gasteiger partial charge < -0.3 is 5.32 Å². The van der Waals surface area contributed by atoms with Crippen molar-refractivity contribution in [2.75, 3.05) is 26.3 Å². The fraction of sp³-hybridized carbons (Fsp3) is 0.400. The summed E-state index contributed by atoms with van der Waals surface area (Å²) in [4.78, 5) is 4.22. The Balaban J connectivity index is 0.00000144. The summed E-state index contributed by atoms with van der Waals surface area (Å²) in [7, 11) is -3.71. The highest BCUT2D eigenvalue weighted by atomic mass is 35.5. The van der Waals surface area contributed by atoms with E-state index < -0.39 is 22.7 Å². The van der Waals surface area contributed by atoms with Gasteiger partial charge >= 0.3 is 0 Å². The van der Waals surface area contributed by atoms with Gasteiger partial charge in [-0.15, -0.1) is 24.8 Å². The molecule has 24 heavy (non-hydrogen) atoms. The molecule has 0 saturated carbocycles. The molecule has 1 fully saturated rings. The first-order chi connectivity index (χ1) is 10.6. The number of benzene rings is 1. The van der Waals surface area contributed by atoms with Gasteiger partial charge in [0, 0.05) is 30.9 Å².